The molecule has 1 amide bonds. The summed E-state index contributed by atoms with van der Waals surface area (Å²) in [6.07, 6.45) is 0.910. The third kappa shape index (κ3) is 3.89. The highest BCUT2D eigenvalue weighted by atomic mass is 16.1. The van der Waals surface area contributed by atoms with Gasteiger partial charge in [0.1, 0.15) is 0 Å². The van der Waals surface area contributed by atoms with Gasteiger partial charge < -0.3 is 10.2 Å². The van der Waals surface area contributed by atoms with E-state index in [0.717, 1.165) is 73.4 Å². The zero-order valence-corrected chi connectivity index (χ0v) is 16.2. The maximum absolute atomic E-state index is 13.1. The van der Waals surface area contributed by atoms with Crippen LogP contribution in [0.4, 0.5) is 0 Å². The van der Waals surface area contributed by atoms with Crippen molar-refractivity contribution in [3.05, 3.63) is 41.1 Å². The molecule has 3 rings (SSSR count). The standard InChI is InChI=1S/C21H30N4O/c1-4-24(5-2)14-12-22-21(26)20-16-9-7-8-10-18(16)23-19-11-13-25(6-3)15-17(19)20/h7-10H,4-6,11-15H2,1-3H3,(H,22,26). The summed E-state index contributed by atoms with van der Waals surface area (Å²) in [4.78, 5) is 22.7. The molecule has 0 saturated heterocycles. The summed E-state index contributed by atoms with van der Waals surface area (Å²) in [6.45, 7) is 12.8. The molecule has 0 fully saturated rings. The molecule has 0 unspecified atom stereocenters. The Hall–Kier alpha value is -1.98. The van der Waals surface area contributed by atoms with Crippen molar-refractivity contribution in [1.29, 1.82) is 0 Å². The second-order valence-corrected chi connectivity index (χ2v) is 6.83. The Balaban J connectivity index is 1.91. The van der Waals surface area contributed by atoms with Crippen LogP contribution in [0.5, 0.6) is 0 Å². The van der Waals surface area contributed by atoms with Crippen LogP contribution < -0.4 is 5.32 Å². The number of para-hydroxylation sites is 1. The third-order valence-corrected chi connectivity index (χ3v) is 5.41. The second-order valence-electron chi connectivity index (χ2n) is 6.83. The summed E-state index contributed by atoms with van der Waals surface area (Å²) in [6, 6.07) is 8.01. The number of benzene rings is 1. The second kappa shape index (κ2) is 8.60. The Kier molecular flexibility index (Phi) is 6.22. The van der Waals surface area contributed by atoms with E-state index in [-0.39, 0.29) is 5.91 Å². The van der Waals surface area contributed by atoms with Gasteiger partial charge in [0.2, 0.25) is 0 Å². The van der Waals surface area contributed by atoms with E-state index in [9.17, 15) is 4.79 Å². The molecule has 2 aromatic rings. The minimum atomic E-state index is 0.0324. The number of hydrogen-bond donors (Lipinski definition) is 1. The molecule has 26 heavy (non-hydrogen) atoms. The van der Waals surface area contributed by atoms with Gasteiger partial charge in [-0.15, -0.1) is 0 Å². The molecule has 2 heterocycles. The van der Waals surface area contributed by atoms with Crippen LogP contribution in [-0.4, -0.2) is 60.0 Å². The van der Waals surface area contributed by atoms with Crippen molar-refractivity contribution in [3.63, 3.8) is 0 Å². The maximum Gasteiger partial charge on any atom is 0.252 e. The van der Waals surface area contributed by atoms with Gasteiger partial charge in [-0.2, -0.15) is 0 Å². The van der Waals surface area contributed by atoms with E-state index in [1.165, 1.54) is 0 Å². The molecule has 0 atom stereocenters. The fourth-order valence-electron chi connectivity index (χ4n) is 3.73. The van der Waals surface area contributed by atoms with E-state index in [1.807, 2.05) is 24.3 Å². The molecule has 0 radical (unpaired) electrons. The summed E-state index contributed by atoms with van der Waals surface area (Å²) in [7, 11) is 0. The van der Waals surface area contributed by atoms with Gasteiger partial charge in [-0.05, 0) is 25.7 Å². The quantitative estimate of drug-likeness (QED) is 0.830. The van der Waals surface area contributed by atoms with E-state index in [4.69, 9.17) is 4.98 Å². The number of nitrogens with zero attached hydrogens (tertiary/aromatic N) is 3. The summed E-state index contributed by atoms with van der Waals surface area (Å²) in [5.41, 5.74) is 3.94. The predicted octanol–water partition coefficient (Wildman–Crippen LogP) is 2.68. The molecule has 1 aliphatic heterocycles. The smallest absolute Gasteiger partial charge is 0.252 e. The lowest BCUT2D eigenvalue weighted by Crippen LogP contribution is -2.37. The lowest BCUT2D eigenvalue weighted by molar-refractivity contribution is 0.0947. The lowest BCUT2D eigenvalue weighted by Gasteiger charge is -2.29. The van der Waals surface area contributed by atoms with Crippen LogP contribution in [0.1, 0.15) is 42.4 Å². The average molecular weight is 354 g/mol. The molecule has 0 spiro atoms. The van der Waals surface area contributed by atoms with Gasteiger partial charge in [0.15, 0.2) is 0 Å². The van der Waals surface area contributed by atoms with Gasteiger partial charge in [-0.3, -0.25) is 14.7 Å². The monoisotopic (exact) mass is 354 g/mol. The van der Waals surface area contributed by atoms with Gasteiger partial charge in [0.25, 0.3) is 5.91 Å². The van der Waals surface area contributed by atoms with Crippen molar-refractivity contribution >= 4 is 16.8 Å². The molecule has 140 valence electrons. The first-order chi connectivity index (χ1) is 12.7. The summed E-state index contributed by atoms with van der Waals surface area (Å²) >= 11 is 0. The topological polar surface area (TPSA) is 48.5 Å². The first-order valence-electron chi connectivity index (χ1n) is 9.81. The zero-order chi connectivity index (χ0) is 18.5. The number of aromatic nitrogens is 1. The zero-order valence-electron chi connectivity index (χ0n) is 16.2. The Morgan fingerprint density at radius 3 is 2.73 bits per heavy atom. The Bertz CT molecular complexity index is 770. The SMILES string of the molecule is CCN(CC)CCNC(=O)c1c2c(nc3ccccc13)CCN(CC)C2. The van der Waals surface area contributed by atoms with Gasteiger partial charge in [-0.1, -0.05) is 39.0 Å². The van der Waals surface area contributed by atoms with Crippen molar-refractivity contribution in [1.82, 2.24) is 20.1 Å². The maximum atomic E-state index is 13.1. The van der Waals surface area contributed by atoms with Gasteiger partial charge in [-0.25, -0.2) is 0 Å². The Labute approximate surface area is 156 Å². The largest absolute Gasteiger partial charge is 0.351 e. The molecular weight excluding hydrogens is 324 g/mol. The molecule has 1 aliphatic rings. The van der Waals surface area contributed by atoms with Crippen molar-refractivity contribution in [2.24, 2.45) is 0 Å². The van der Waals surface area contributed by atoms with Gasteiger partial charge in [0.05, 0.1) is 11.1 Å². The van der Waals surface area contributed by atoms with Crippen molar-refractivity contribution in [2.45, 2.75) is 33.7 Å². The first kappa shape index (κ1) is 18.8. The van der Waals surface area contributed by atoms with Crippen LogP contribution in [0, 0.1) is 0 Å². The molecule has 0 saturated carbocycles. The van der Waals surface area contributed by atoms with E-state index in [1.54, 1.807) is 0 Å². The molecule has 0 aliphatic carbocycles. The number of pyridine rings is 1. The van der Waals surface area contributed by atoms with E-state index in [2.05, 4.69) is 35.9 Å². The molecule has 1 N–H and O–H groups in total. The van der Waals surface area contributed by atoms with E-state index in [0.29, 0.717) is 6.54 Å². The number of amides is 1. The van der Waals surface area contributed by atoms with Crippen LogP contribution in [0.25, 0.3) is 10.9 Å². The number of carbonyl (C=O) groups is 1. The van der Waals surface area contributed by atoms with Crippen LogP contribution in [0.15, 0.2) is 24.3 Å². The number of rotatable bonds is 7. The highest BCUT2D eigenvalue weighted by molar-refractivity contribution is 6.07. The van der Waals surface area contributed by atoms with Crippen molar-refractivity contribution < 1.29 is 4.79 Å². The van der Waals surface area contributed by atoms with Crippen LogP contribution in [-0.2, 0) is 13.0 Å². The van der Waals surface area contributed by atoms with Crippen molar-refractivity contribution in [3.8, 4) is 0 Å². The lowest BCUT2D eigenvalue weighted by atomic mass is 9.95. The fourth-order valence-corrected chi connectivity index (χ4v) is 3.73. The Morgan fingerprint density at radius 2 is 2.00 bits per heavy atom. The number of nitrogens with one attached hydrogen (secondary N) is 1. The van der Waals surface area contributed by atoms with Crippen LogP contribution in [0.2, 0.25) is 0 Å². The number of likely N-dealkylation sites (N-methyl/N-ethyl adjacent to an activating group) is 2. The molecule has 1 aromatic heterocycles. The summed E-state index contributed by atoms with van der Waals surface area (Å²) < 4.78 is 0. The number of carbonyl (C=O) groups excluding carboxylic acids is 1. The minimum absolute atomic E-state index is 0.0324. The molecular formula is C21H30N4O. The molecule has 1 aromatic carbocycles. The summed E-state index contributed by atoms with van der Waals surface area (Å²) in [5, 5.41) is 4.11. The van der Waals surface area contributed by atoms with E-state index >= 15 is 0 Å². The average Bonchev–Trinajstić information content (AvgIpc) is 2.68. The normalized spacial score (nSPS) is 14.6. The molecule has 5 heteroatoms. The highest BCUT2D eigenvalue weighted by Gasteiger charge is 2.25. The predicted molar refractivity (Wildman–Crippen MR) is 107 cm³/mol. The first-order valence-corrected chi connectivity index (χ1v) is 9.81. The number of fused-ring (bicyclic) bond motifs is 2. The minimum Gasteiger partial charge on any atom is -0.351 e. The van der Waals surface area contributed by atoms with E-state index < -0.39 is 0 Å². The van der Waals surface area contributed by atoms with Gasteiger partial charge >= 0.3 is 0 Å². The third-order valence-electron chi connectivity index (χ3n) is 5.41. The van der Waals surface area contributed by atoms with Gasteiger partial charge in [0, 0.05) is 49.2 Å². The van der Waals surface area contributed by atoms with Crippen molar-refractivity contribution in [2.75, 3.05) is 39.3 Å². The highest BCUT2D eigenvalue weighted by Crippen LogP contribution is 2.28. The number of hydrogen-bond acceptors (Lipinski definition) is 4. The van der Waals surface area contributed by atoms with Crippen LogP contribution >= 0.6 is 0 Å². The molecule has 0 bridgehead atoms. The molecule has 5 nitrogen and oxygen atoms in total. The van der Waals surface area contributed by atoms with Crippen LogP contribution in [0.3, 0.4) is 0 Å². The Morgan fingerprint density at radius 1 is 1.23 bits per heavy atom. The summed E-state index contributed by atoms with van der Waals surface area (Å²) in [5.74, 6) is 0.0324. The fraction of sp³-hybridized carbons (Fsp3) is 0.524.